The number of alkyl halides is 2. The maximum Gasteiger partial charge on any atom is 0.263 e. The molecule has 0 bridgehead atoms. The van der Waals surface area contributed by atoms with E-state index in [1.165, 1.54) is 56.2 Å². The Morgan fingerprint density at radius 3 is 2.19 bits per heavy atom. The van der Waals surface area contributed by atoms with E-state index in [4.69, 9.17) is 17.0 Å². The fourth-order valence-electron chi connectivity index (χ4n) is 3.93. The Morgan fingerprint density at radius 1 is 1.00 bits per heavy atom. The van der Waals surface area contributed by atoms with Gasteiger partial charge < -0.3 is 4.74 Å². The zero-order chi connectivity index (χ0) is 19.2. The molecule has 4 heteroatoms. The monoisotopic (exact) mass is 388 g/mol. The summed E-state index contributed by atoms with van der Waals surface area (Å²) in [5, 5.41) is 0.295. The first-order valence-electron chi connectivity index (χ1n) is 9.77. The van der Waals surface area contributed by atoms with Gasteiger partial charge in [-0.2, -0.15) is 0 Å². The van der Waals surface area contributed by atoms with Gasteiger partial charge in [-0.1, -0.05) is 44.0 Å². The van der Waals surface area contributed by atoms with Crippen LogP contribution in [0, 0.1) is 5.92 Å². The van der Waals surface area contributed by atoms with Crippen molar-refractivity contribution in [1.82, 2.24) is 0 Å². The summed E-state index contributed by atoms with van der Waals surface area (Å²) in [6.45, 7) is 2.27. The summed E-state index contributed by atoms with van der Waals surface area (Å²) in [5.41, 5.74) is 1.98. The number of rotatable bonds is 6. The summed E-state index contributed by atoms with van der Waals surface area (Å²) in [7, 11) is 0. The highest BCUT2D eigenvalue weighted by Crippen LogP contribution is 2.37. The maximum atomic E-state index is 12.6. The van der Waals surface area contributed by atoms with Crippen molar-refractivity contribution in [2.24, 2.45) is 5.92 Å². The van der Waals surface area contributed by atoms with Gasteiger partial charge in [0.2, 0.25) is 0 Å². The third-order valence-corrected chi connectivity index (χ3v) is 5.82. The highest BCUT2D eigenvalue weighted by molar-refractivity contribution is 7.80. The molecule has 0 N–H and O–H groups in total. The van der Waals surface area contributed by atoms with E-state index in [-0.39, 0.29) is 5.56 Å². The van der Waals surface area contributed by atoms with Crippen LogP contribution in [0.5, 0.6) is 5.75 Å². The summed E-state index contributed by atoms with van der Waals surface area (Å²) in [6.07, 6.45) is 5.35. The van der Waals surface area contributed by atoms with Crippen LogP contribution in [0.3, 0.4) is 0 Å². The predicted molar refractivity (Wildman–Crippen MR) is 110 cm³/mol. The molecule has 2 aromatic rings. The van der Waals surface area contributed by atoms with Gasteiger partial charge in [0.05, 0.1) is 0 Å². The second-order valence-electron chi connectivity index (χ2n) is 7.39. The average molecular weight is 389 g/mol. The van der Waals surface area contributed by atoms with E-state index in [2.05, 4.69) is 19.1 Å². The van der Waals surface area contributed by atoms with Gasteiger partial charge in [-0.15, -0.1) is 0 Å². The van der Waals surface area contributed by atoms with Gasteiger partial charge in [-0.25, -0.2) is 8.78 Å². The predicted octanol–water partition coefficient (Wildman–Crippen LogP) is 7.45. The Labute approximate surface area is 165 Å². The quantitative estimate of drug-likeness (QED) is 0.475. The molecule has 1 saturated carbocycles. The summed E-state index contributed by atoms with van der Waals surface area (Å²) >= 11 is 5.30. The molecule has 0 saturated heterocycles. The molecule has 0 amide bonds. The lowest BCUT2D eigenvalue weighted by molar-refractivity contribution is 0.151. The molecular formula is C23H26F2OS. The van der Waals surface area contributed by atoms with Crippen molar-refractivity contribution in [1.29, 1.82) is 0 Å². The molecular weight excluding hydrogens is 362 g/mol. The molecule has 0 spiro atoms. The Kier molecular flexibility index (Phi) is 6.95. The number of thiocarbonyl (C=S) groups is 1. The minimum atomic E-state index is -2.47. The van der Waals surface area contributed by atoms with Gasteiger partial charge in [0, 0.05) is 11.1 Å². The maximum absolute atomic E-state index is 12.6. The van der Waals surface area contributed by atoms with Crippen LogP contribution in [-0.2, 0) is 0 Å². The lowest BCUT2D eigenvalue weighted by Crippen LogP contribution is -2.13. The first-order chi connectivity index (χ1) is 13.1. The largest absolute Gasteiger partial charge is 0.445 e. The normalized spacial score (nSPS) is 19.9. The minimum Gasteiger partial charge on any atom is -0.445 e. The standard InChI is InChI=1S/C23H26F2OS/c1-2-3-16-4-6-17(7-5-16)18-12-14-21(15-13-18)26-23(27)20-10-8-19(9-11-20)22(24)25/h8-17,22H,2-7H2,1H3. The number of hydrogen-bond acceptors (Lipinski definition) is 2. The lowest BCUT2D eigenvalue weighted by Gasteiger charge is -2.28. The smallest absolute Gasteiger partial charge is 0.263 e. The van der Waals surface area contributed by atoms with Gasteiger partial charge in [0.25, 0.3) is 6.43 Å². The molecule has 1 nitrogen and oxygen atoms in total. The SMILES string of the molecule is CCCC1CCC(c2ccc(OC(=S)c3ccc(C(F)F)cc3)cc2)CC1. The Balaban J connectivity index is 1.56. The van der Waals surface area contributed by atoms with E-state index >= 15 is 0 Å². The Hall–Kier alpha value is -1.81. The fourth-order valence-corrected chi connectivity index (χ4v) is 4.16. The van der Waals surface area contributed by atoms with Crippen molar-refractivity contribution in [3.8, 4) is 5.75 Å². The van der Waals surface area contributed by atoms with Crippen LogP contribution >= 0.6 is 12.2 Å². The fraction of sp³-hybridized carbons (Fsp3) is 0.435. The molecule has 0 aromatic heterocycles. The van der Waals surface area contributed by atoms with Gasteiger partial charge in [-0.3, -0.25) is 0 Å². The number of halogens is 2. The summed E-state index contributed by atoms with van der Waals surface area (Å²) in [6, 6.07) is 14.1. The van der Waals surface area contributed by atoms with E-state index in [1.807, 2.05) is 12.1 Å². The zero-order valence-corrected chi connectivity index (χ0v) is 16.5. The Morgan fingerprint density at radius 2 is 1.63 bits per heavy atom. The van der Waals surface area contributed by atoms with Crippen molar-refractivity contribution in [3.05, 3.63) is 65.2 Å². The molecule has 0 heterocycles. The molecule has 0 aliphatic heterocycles. The van der Waals surface area contributed by atoms with E-state index in [9.17, 15) is 8.78 Å². The van der Waals surface area contributed by atoms with Gasteiger partial charge >= 0.3 is 0 Å². The van der Waals surface area contributed by atoms with Crippen LogP contribution in [0.2, 0.25) is 0 Å². The van der Waals surface area contributed by atoms with E-state index < -0.39 is 6.43 Å². The van der Waals surface area contributed by atoms with Gasteiger partial charge in [0.15, 0.2) is 5.05 Å². The summed E-state index contributed by atoms with van der Waals surface area (Å²) in [4.78, 5) is 0. The summed E-state index contributed by atoms with van der Waals surface area (Å²) < 4.78 is 31.0. The second kappa shape index (κ2) is 9.41. The van der Waals surface area contributed by atoms with Crippen LogP contribution in [0.1, 0.15) is 74.5 Å². The van der Waals surface area contributed by atoms with Crippen molar-refractivity contribution in [2.75, 3.05) is 0 Å². The molecule has 3 rings (SSSR count). The van der Waals surface area contributed by atoms with Gasteiger partial charge in [-0.05, 0) is 79.6 Å². The first kappa shape index (κ1) is 19.9. The second-order valence-corrected chi connectivity index (χ2v) is 7.76. The van der Waals surface area contributed by atoms with Crippen molar-refractivity contribution >= 4 is 17.3 Å². The molecule has 0 unspecified atom stereocenters. The highest BCUT2D eigenvalue weighted by atomic mass is 32.1. The number of ether oxygens (including phenoxy) is 1. The van der Waals surface area contributed by atoms with Crippen molar-refractivity contribution < 1.29 is 13.5 Å². The van der Waals surface area contributed by atoms with E-state index in [0.29, 0.717) is 22.3 Å². The lowest BCUT2D eigenvalue weighted by atomic mass is 9.77. The molecule has 1 fully saturated rings. The molecule has 1 aliphatic rings. The molecule has 2 aromatic carbocycles. The van der Waals surface area contributed by atoms with Crippen LogP contribution in [0.4, 0.5) is 8.78 Å². The van der Waals surface area contributed by atoms with Crippen molar-refractivity contribution in [2.45, 2.75) is 57.8 Å². The summed E-state index contributed by atoms with van der Waals surface area (Å²) in [5.74, 6) is 2.23. The third kappa shape index (κ3) is 5.35. The third-order valence-electron chi connectivity index (χ3n) is 5.50. The van der Waals surface area contributed by atoms with E-state index in [1.54, 1.807) is 12.1 Å². The van der Waals surface area contributed by atoms with Gasteiger partial charge in [0.1, 0.15) is 5.75 Å². The average Bonchev–Trinajstić information content (AvgIpc) is 2.69. The molecule has 1 aliphatic carbocycles. The van der Waals surface area contributed by atoms with Crippen molar-refractivity contribution in [3.63, 3.8) is 0 Å². The topological polar surface area (TPSA) is 9.23 Å². The number of benzene rings is 2. The van der Waals surface area contributed by atoms with Crippen LogP contribution in [0.25, 0.3) is 0 Å². The highest BCUT2D eigenvalue weighted by Gasteiger charge is 2.21. The zero-order valence-electron chi connectivity index (χ0n) is 15.7. The minimum absolute atomic E-state index is 0.0143. The molecule has 0 atom stereocenters. The van der Waals surface area contributed by atoms with E-state index in [0.717, 1.165) is 5.92 Å². The molecule has 144 valence electrons. The van der Waals surface area contributed by atoms with Crippen LogP contribution < -0.4 is 4.74 Å². The van der Waals surface area contributed by atoms with Crippen LogP contribution in [-0.4, -0.2) is 5.05 Å². The number of hydrogen-bond donors (Lipinski definition) is 0. The first-order valence-corrected chi connectivity index (χ1v) is 10.2. The van der Waals surface area contributed by atoms with Crippen LogP contribution in [0.15, 0.2) is 48.5 Å². The Bertz CT molecular complexity index is 732. The molecule has 0 radical (unpaired) electrons. The molecule has 27 heavy (non-hydrogen) atoms.